The number of alkyl halides is 1. The average molecular weight is 399 g/mol. The van der Waals surface area contributed by atoms with Crippen LogP contribution in [0.4, 0.5) is 4.39 Å². The van der Waals surface area contributed by atoms with Gasteiger partial charge in [-0.05, 0) is 36.6 Å². The lowest BCUT2D eigenvalue weighted by molar-refractivity contribution is -0.130. The van der Waals surface area contributed by atoms with Gasteiger partial charge in [-0.15, -0.1) is 0 Å². The van der Waals surface area contributed by atoms with E-state index in [-0.39, 0.29) is 30.5 Å². The van der Waals surface area contributed by atoms with E-state index in [0.29, 0.717) is 22.4 Å². The second-order valence-electron chi connectivity index (χ2n) is 6.89. The maximum Gasteiger partial charge on any atom is 0.261 e. The summed E-state index contributed by atoms with van der Waals surface area (Å²) in [6.07, 6.45) is 2.88. The Morgan fingerprint density at radius 2 is 2.03 bits per heavy atom. The summed E-state index contributed by atoms with van der Waals surface area (Å²) < 4.78 is 18.3. The van der Waals surface area contributed by atoms with Crippen LogP contribution in [0.25, 0.3) is 0 Å². The van der Waals surface area contributed by atoms with E-state index >= 15 is 0 Å². The molecule has 2 atom stereocenters. The first kappa shape index (κ1) is 20.4. The van der Waals surface area contributed by atoms with Crippen molar-refractivity contribution in [2.24, 2.45) is 10.7 Å². The van der Waals surface area contributed by atoms with Gasteiger partial charge in [0.1, 0.15) is 12.1 Å². The van der Waals surface area contributed by atoms with E-state index in [1.165, 1.54) is 37.6 Å². The first-order valence-electron chi connectivity index (χ1n) is 9.08. The molecule has 0 fully saturated rings. The molecule has 1 aliphatic heterocycles. The van der Waals surface area contributed by atoms with Crippen molar-refractivity contribution < 1.29 is 18.7 Å². The zero-order chi connectivity index (χ0) is 21.2. The van der Waals surface area contributed by atoms with Crippen LogP contribution in [0.2, 0.25) is 0 Å². The topological polar surface area (TPSA) is 111 Å². The second kappa shape index (κ2) is 7.94. The molecule has 2 heterocycles. The van der Waals surface area contributed by atoms with Crippen LogP contribution in [0, 0.1) is 6.92 Å². The van der Waals surface area contributed by atoms with Crippen molar-refractivity contribution in [3.05, 3.63) is 53.6 Å². The van der Waals surface area contributed by atoms with E-state index in [1.54, 1.807) is 25.1 Å². The lowest BCUT2D eigenvalue weighted by Gasteiger charge is -2.26. The average Bonchev–Trinajstić information content (AvgIpc) is 2.92. The SMILES string of the molecule is Cc1cc(C2(CCC(=O)c3cncnc3)N=C(N)N(C)C2=O)ccc1OC(C)F. The Balaban J connectivity index is 1.95. The van der Waals surface area contributed by atoms with Gasteiger partial charge in [0.15, 0.2) is 17.3 Å². The van der Waals surface area contributed by atoms with Crippen molar-refractivity contribution in [3.63, 3.8) is 0 Å². The number of ether oxygens (including phenoxy) is 1. The third-order valence-corrected chi connectivity index (χ3v) is 4.85. The fraction of sp³-hybridized carbons (Fsp3) is 0.350. The number of likely N-dealkylation sites (N-methyl/N-ethyl adjacent to an activating group) is 1. The molecule has 8 nitrogen and oxygen atoms in total. The number of ketones is 1. The predicted octanol–water partition coefficient (Wildman–Crippen LogP) is 2.12. The minimum atomic E-state index is -1.47. The maximum absolute atomic E-state index is 13.2. The van der Waals surface area contributed by atoms with Gasteiger partial charge < -0.3 is 10.5 Å². The summed E-state index contributed by atoms with van der Waals surface area (Å²) in [6, 6.07) is 4.95. The molecule has 9 heteroatoms. The number of hydrogen-bond acceptors (Lipinski definition) is 7. The van der Waals surface area contributed by atoms with Crippen LogP contribution in [-0.4, -0.2) is 45.9 Å². The fourth-order valence-corrected chi connectivity index (χ4v) is 3.29. The molecule has 0 bridgehead atoms. The molecule has 1 aromatic carbocycles. The van der Waals surface area contributed by atoms with Crippen molar-refractivity contribution in [3.8, 4) is 5.75 Å². The molecule has 2 N–H and O–H groups in total. The van der Waals surface area contributed by atoms with Crippen LogP contribution >= 0.6 is 0 Å². The number of amides is 1. The molecule has 0 saturated carbocycles. The number of hydrogen-bond donors (Lipinski definition) is 1. The number of rotatable bonds is 7. The monoisotopic (exact) mass is 399 g/mol. The van der Waals surface area contributed by atoms with Crippen LogP contribution < -0.4 is 10.5 Å². The van der Waals surface area contributed by atoms with Gasteiger partial charge in [0.25, 0.3) is 5.91 Å². The summed E-state index contributed by atoms with van der Waals surface area (Å²) in [5.74, 6) is -0.101. The van der Waals surface area contributed by atoms with Gasteiger partial charge in [0.2, 0.25) is 6.36 Å². The number of nitrogens with two attached hydrogens (primary N) is 1. The summed E-state index contributed by atoms with van der Waals surface area (Å²) in [4.78, 5) is 39.0. The predicted molar refractivity (Wildman–Crippen MR) is 104 cm³/mol. The lowest BCUT2D eigenvalue weighted by Crippen LogP contribution is -2.40. The molecule has 152 valence electrons. The van der Waals surface area contributed by atoms with Crippen molar-refractivity contribution in [2.75, 3.05) is 7.05 Å². The van der Waals surface area contributed by atoms with E-state index < -0.39 is 11.9 Å². The maximum atomic E-state index is 13.2. The number of aromatic nitrogens is 2. The third-order valence-electron chi connectivity index (χ3n) is 4.85. The number of aliphatic imine (C=N–C) groups is 1. The molecule has 29 heavy (non-hydrogen) atoms. The van der Waals surface area contributed by atoms with Gasteiger partial charge in [-0.25, -0.2) is 19.4 Å². The molecular weight excluding hydrogens is 377 g/mol. The van der Waals surface area contributed by atoms with E-state index in [4.69, 9.17) is 10.5 Å². The van der Waals surface area contributed by atoms with E-state index in [1.807, 2.05) is 0 Å². The number of nitrogens with zero attached hydrogens (tertiary/aromatic N) is 4. The van der Waals surface area contributed by atoms with Gasteiger partial charge >= 0.3 is 0 Å². The van der Waals surface area contributed by atoms with Gasteiger partial charge in [-0.3, -0.25) is 14.5 Å². The zero-order valence-corrected chi connectivity index (χ0v) is 16.4. The number of carbonyl (C=O) groups excluding carboxylic acids is 2. The van der Waals surface area contributed by atoms with Crippen molar-refractivity contribution >= 4 is 17.6 Å². The molecule has 1 aliphatic rings. The number of aryl methyl sites for hydroxylation is 1. The van der Waals surface area contributed by atoms with E-state index in [2.05, 4.69) is 15.0 Å². The van der Waals surface area contributed by atoms with Crippen LogP contribution in [0.1, 0.15) is 41.3 Å². The highest BCUT2D eigenvalue weighted by Gasteiger charge is 2.48. The summed E-state index contributed by atoms with van der Waals surface area (Å²) in [6.45, 7) is 3.03. The standard InChI is InChI=1S/C20H22FN5O3/c1-12-8-15(4-5-17(12)29-13(2)21)20(18(28)26(3)19(22)25-20)7-6-16(27)14-9-23-11-24-10-14/h4-5,8-11,13H,6-7H2,1-3H3,(H2,22,25). The molecule has 0 radical (unpaired) electrons. The Labute approximate surface area is 167 Å². The highest BCUT2D eigenvalue weighted by atomic mass is 19.1. The largest absolute Gasteiger partial charge is 0.460 e. The highest BCUT2D eigenvalue weighted by molar-refractivity contribution is 6.07. The van der Waals surface area contributed by atoms with Crippen LogP contribution in [0.3, 0.4) is 0 Å². The molecule has 2 unspecified atom stereocenters. The number of Topliss-reactive ketones (excluding diaryl/α,β-unsaturated/α-hetero) is 1. The Morgan fingerprint density at radius 3 is 2.59 bits per heavy atom. The Hall–Kier alpha value is -3.36. The van der Waals surface area contributed by atoms with Gasteiger partial charge in [0.05, 0.1) is 5.56 Å². The van der Waals surface area contributed by atoms with E-state index in [0.717, 1.165) is 0 Å². The molecule has 1 aromatic heterocycles. The molecule has 0 spiro atoms. The fourth-order valence-electron chi connectivity index (χ4n) is 3.29. The zero-order valence-electron chi connectivity index (χ0n) is 16.4. The molecule has 1 amide bonds. The van der Waals surface area contributed by atoms with Gasteiger partial charge in [0, 0.05) is 32.8 Å². The number of benzene rings is 1. The van der Waals surface area contributed by atoms with Crippen molar-refractivity contribution in [1.82, 2.24) is 14.9 Å². The number of guanidine groups is 1. The van der Waals surface area contributed by atoms with E-state index in [9.17, 15) is 14.0 Å². The highest BCUT2D eigenvalue weighted by Crippen LogP contribution is 2.39. The second-order valence-corrected chi connectivity index (χ2v) is 6.89. The van der Waals surface area contributed by atoms with Crippen LogP contribution in [0.5, 0.6) is 5.75 Å². The van der Waals surface area contributed by atoms with Gasteiger partial charge in [-0.2, -0.15) is 0 Å². The minimum absolute atomic E-state index is 0.0442. The van der Waals surface area contributed by atoms with Gasteiger partial charge in [-0.1, -0.05) is 6.07 Å². The van der Waals surface area contributed by atoms with Crippen molar-refractivity contribution in [1.29, 1.82) is 0 Å². The quantitative estimate of drug-likeness (QED) is 0.714. The Kier molecular flexibility index (Phi) is 5.58. The number of carbonyl (C=O) groups is 2. The lowest BCUT2D eigenvalue weighted by atomic mass is 9.83. The summed E-state index contributed by atoms with van der Waals surface area (Å²) in [5, 5.41) is 0. The summed E-state index contributed by atoms with van der Waals surface area (Å²) >= 11 is 0. The molecule has 0 aliphatic carbocycles. The summed E-state index contributed by atoms with van der Waals surface area (Å²) in [7, 11) is 1.53. The molecule has 0 saturated heterocycles. The Bertz CT molecular complexity index is 964. The molecule has 3 rings (SSSR count). The van der Waals surface area contributed by atoms with Crippen LogP contribution in [0.15, 0.2) is 41.9 Å². The normalized spacial score (nSPS) is 19.8. The van der Waals surface area contributed by atoms with Crippen molar-refractivity contribution in [2.45, 2.75) is 38.6 Å². The smallest absolute Gasteiger partial charge is 0.261 e. The van der Waals surface area contributed by atoms with Crippen LogP contribution in [-0.2, 0) is 10.3 Å². The Morgan fingerprint density at radius 1 is 1.34 bits per heavy atom. The molecular formula is C20H22FN5O3. The third kappa shape index (κ3) is 3.94. The molecule has 2 aromatic rings. The number of halogens is 1. The summed E-state index contributed by atoms with van der Waals surface area (Å²) in [5.41, 5.74) is 6.13. The first-order valence-corrected chi connectivity index (χ1v) is 9.08. The minimum Gasteiger partial charge on any atom is -0.460 e. The first-order chi connectivity index (χ1) is 13.7.